The molecule has 0 radical (unpaired) electrons. The van der Waals surface area contributed by atoms with Gasteiger partial charge in [0.2, 0.25) is 0 Å². The van der Waals surface area contributed by atoms with Gasteiger partial charge in [-0.3, -0.25) is 9.59 Å². The molecule has 0 aromatic carbocycles. The van der Waals surface area contributed by atoms with Crippen LogP contribution in [-0.2, 0) is 17.4 Å². The largest absolute Gasteiger partial charge is 0.460 e. The minimum atomic E-state index is -0.509. The second kappa shape index (κ2) is 5.53. The summed E-state index contributed by atoms with van der Waals surface area (Å²) < 4.78 is 9.52. The number of rotatable bonds is 3. The molecule has 0 aliphatic rings. The van der Waals surface area contributed by atoms with Crippen LogP contribution in [-0.4, -0.2) is 17.5 Å². The van der Waals surface area contributed by atoms with Gasteiger partial charge in [-0.15, -0.1) is 0 Å². The van der Waals surface area contributed by atoms with Crippen molar-refractivity contribution in [3.8, 4) is 0 Å². The lowest BCUT2D eigenvalue weighted by molar-refractivity contribution is -0.158. The Morgan fingerprint density at radius 2 is 1.86 bits per heavy atom. The minimum absolute atomic E-state index is 0.0547. The second-order valence-electron chi connectivity index (χ2n) is 4.09. The van der Waals surface area contributed by atoms with Crippen molar-refractivity contribution in [2.24, 2.45) is 5.92 Å². The van der Waals surface area contributed by atoms with Gasteiger partial charge in [0.1, 0.15) is 5.60 Å². The molecule has 0 amide bonds. The van der Waals surface area contributed by atoms with Gasteiger partial charge in [0.05, 0.1) is 12.3 Å². The predicted molar refractivity (Wildman–Crippen MR) is 59.7 cm³/mol. The number of ether oxygens (including phenoxy) is 1. The highest BCUT2D eigenvalue weighted by Crippen LogP contribution is 2.13. The molecule has 14 heavy (non-hydrogen) atoms. The fourth-order valence-corrected chi connectivity index (χ4v) is 1.23. The molecular weight excluding hydrogens is 299 g/mol. The topological polar surface area (TPSA) is 52.6 Å². The lowest BCUT2D eigenvalue weighted by Crippen LogP contribution is -2.26. The van der Waals surface area contributed by atoms with Gasteiger partial charge in [0, 0.05) is 0 Å². The molecule has 0 saturated carbocycles. The Kier molecular flexibility index (Phi) is 5.40. The first-order chi connectivity index (χ1) is 6.26. The SMILES string of the molecule is C[C@H](CC(=O)OC(C)(C)C)C(=O)OI. The molecule has 1 atom stereocenters. The van der Waals surface area contributed by atoms with Gasteiger partial charge in [-0.05, 0) is 20.8 Å². The summed E-state index contributed by atoms with van der Waals surface area (Å²) in [6.45, 7) is 6.98. The summed E-state index contributed by atoms with van der Waals surface area (Å²) in [5.74, 6) is -1.25. The van der Waals surface area contributed by atoms with Crippen molar-refractivity contribution in [3.05, 3.63) is 0 Å². The lowest BCUT2D eigenvalue weighted by Gasteiger charge is -2.20. The third-order valence-corrected chi connectivity index (χ3v) is 1.81. The van der Waals surface area contributed by atoms with Gasteiger partial charge in [0.15, 0.2) is 23.0 Å². The van der Waals surface area contributed by atoms with Crippen molar-refractivity contribution in [1.29, 1.82) is 0 Å². The van der Waals surface area contributed by atoms with Crippen LogP contribution >= 0.6 is 23.0 Å². The summed E-state index contributed by atoms with van der Waals surface area (Å²) in [5.41, 5.74) is -0.509. The highest BCUT2D eigenvalue weighted by molar-refractivity contribution is 14.1. The zero-order valence-corrected chi connectivity index (χ0v) is 11.0. The first-order valence-corrected chi connectivity index (χ1v) is 5.18. The maximum atomic E-state index is 11.3. The Hall–Kier alpha value is -0.330. The fraction of sp³-hybridized carbons (Fsp3) is 0.778. The van der Waals surface area contributed by atoms with Crippen molar-refractivity contribution in [2.45, 2.75) is 39.7 Å². The number of carbonyl (C=O) groups is 2. The summed E-state index contributed by atoms with van der Waals surface area (Å²) in [7, 11) is 0. The van der Waals surface area contributed by atoms with E-state index in [2.05, 4.69) is 3.07 Å². The van der Waals surface area contributed by atoms with Crippen LogP contribution in [0.2, 0.25) is 0 Å². The molecule has 0 rings (SSSR count). The Labute approximate surface area is 98.0 Å². The molecule has 0 aromatic rings. The Balaban J connectivity index is 4.01. The summed E-state index contributed by atoms with van der Waals surface area (Å²) in [6, 6.07) is 0. The third kappa shape index (κ3) is 6.17. The smallest absolute Gasteiger partial charge is 0.318 e. The van der Waals surface area contributed by atoms with E-state index in [4.69, 9.17) is 4.74 Å². The van der Waals surface area contributed by atoms with Crippen LogP contribution in [0.3, 0.4) is 0 Å². The van der Waals surface area contributed by atoms with Gasteiger partial charge in [0.25, 0.3) is 0 Å². The molecule has 0 spiro atoms. The molecule has 0 fully saturated rings. The van der Waals surface area contributed by atoms with Crippen LogP contribution in [0.15, 0.2) is 0 Å². The molecule has 5 heteroatoms. The van der Waals surface area contributed by atoms with Crippen LogP contribution in [0.25, 0.3) is 0 Å². The summed E-state index contributed by atoms with van der Waals surface area (Å²) >= 11 is 1.50. The molecule has 0 saturated heterocycles. The van der Waals surface area contributed by atoms with Crippen LogP contribution in [0, 0.1) is 5.92 Å². The van der Waals surface area contributed by atoms with Gasteiger partial charge in [-0.25, -0.2) is 0 Å². The molecular formula is C9H15IO4. The van der Waals surface area contributed by atoms with Crippen LogP contribution in [0.4, 0.5) is 0 Å². The zero-order chi connectivity index (χ0) is 11.4. The molecule has 0 N–H and O–H groups in total. The van der Waals surface area contributed by atoms with E-state index in [0.29, 0.717) is 0 Å². The molecule has 0 aliphatic carbocycles. The Morgan fingerprint density at radius 1 is 1.36 bits per heavy atom. The molecule has 0 aliphatic heterocycles. The number of hydrogen-bond donors (Lipinski definition) is 0. The highest BCUT2D eigenvalue weighted by atomic mass is 127. The second-order valence-corrected chi connectivity index (χ2v) is 4.53. The van der Waals surface area contributed by atoms with Gasteiger partial charge >= 0.3 is 11.9 Å². The monoisotopic (exact) mass is 314 g/mol. The van der Waals surface area contributed by atoms with E-state index in [1.54, 1.807) is 27.7 Å². The van der Waals surface area contributed by atoms with E-state index in [9.17, 15) is 9.59 Å². The summed E-state index contributed by atoms with van der Waals surface area (Å²) in [5, 5.41) is 0. The van der Waals surface area contributed by atoms with Crippen molar-refractivity contribution in [1.82, 2.24) is 0 Å². The first-order valence-electron chi connectivity index (χ1n) is 4.30. The van der Waals surface area contributed by atoms with Crippen molar-refractivity contribution in [3.63, 3.8) is 0 Å². The van der Waals surface area contributed by atoms with Gasteiger partial charge < -0.3 is 7.80 Å². The molecule has 82 valence electrons. The van der Waals surface area contributed by atoms with E-state index in [0.717, 1.165) is 0 Å². The van der Waals surface area contributed by atoms with Gasteiger partial charge in [-0.2, -0.15) is 0 Å². The standard InChI is InChI=1S/C9H15IO4/c1-6(8(12)14-10)5-7(11)13-9(2,3)4/h6H,5H2,1-4H3/t6-/m1/s1. The number of halogens is 1. The third-order valence-electron chi connectivity index (χ3n) is 1.37. The number of hydrogen-bond acceptors (Lipinski definition) is 4. The van der Waals surface area contributed by atoms with E-state index in [-0.39, 0.29) is 12.4 Å². The number of esters is 1. The zero-order valence-electron chi connectivity index (χ0n) is 8.80. The first kappa shape index (κ1) is 13.7. The molecule has 0 bridgehead atoms. The predicted octanol–water partition coefficient (Wildman–Crippen LogP) is 2.25. The quantitative estimate of drug-likeness (QED) is 0.592. The minimum Gasteiger partial charge on any atom is -0.460 e. The normalized spacial score (nSPS) is 13.2. The van der Waals surface area contributed by atoms with Crippen molar-refractivity contribution >= 4 is 34.9 Å². The lowest BCUT2D eigenvalue weighted by atomic mass is 10.1. The molecule has 0 unspecified atom stereocenters. The maximum Gasteiger partial charge on any atom is 0.318 e. The van der Waals surface area contributed by atoms with E-state index >= 15 is 0 Å². The van der Waals surface area contributed by atoms with E-state index in [1.807, 2.05) is 0 Å². The van der Waals surface area contributed by atoms with Crippen molar-refractivity contribution < 1.29 is 17.4 Å². The summed E-state index contributed by atoms with van der Waals surface area (Å²) in [6.07, 6.45) is 0.0547. The molecule has 0 heterocycles. The summed E-state index contributed by atoms with van der Waals surface area (Å²) in [4.78, 5) is 22.2. The average molecular weight is 314 g/mol. The van der Waals surface area contributed by atoms with E-state index in [1.165, 1.54) is 23.0 Å². The van der Waals surface area contributed by atoms with Crippen LogP contribution < -0.4 is 0 Å². The molecule has 4 nitrogen and oxygen atoms in total. The van der Waals surface area contributed by atoms with Gasteiger partial charge in [-0.1, -0.05) is 6.92 Å². The van der Waals surface area contributed by atoms with Crippen LogP contribution in [0.1, 0.15) is 34.1 Å². The molecule has 0 aromatic heterocycles. The van der Waals surface area contributed by atoms with E-state index < -0.39 is 17.5 Å². The average Bonchev–Trinajstić information content (AvgIpc) is 1.99. The Morgan fingerprint density at radius 3 is 2.21 bits per heavy atom. The van der Waals surface area contributed by atoms with Crippen LogP contribution in [0.5, 0.6) is 0 Å². The highest BCUT2D eigenvalue weighted by Gasteiger charge is 2.22. The maximum absolute atomic E-state index is 11.3. The van der Waals surface area contributed by atoms with Crippen molar-refractivity contribution in [2.75, 3.05) is 0 Å². The Bertz CT molecular complexity index is 219. The number of carbonyl (C=O) groups excluding carboxylic acids is 2. The fourth-order valence-electron chi connectivity index (χ4n) is 0.793.